The van der Waals surface area contributed by atoms with Crippen molar-refractivity contribution >= 4 is 16.5 Å². The highest BCUT2D eigenvalue weighted by Crippen LogP contribution is 2.13. The van der Waals surface area contributed by atoms with Crippen molar-refractivity contribution in [2.45, 2.75) is 6.92 Å². The average molecular weight is 157 g/mol. The zero-order valence-electron chi connectivity index (χ0n) is 5.92. The van der Waals surface area contributed by atoms with Crippen LogP contribution in [0.15, 0.2) is 5.38 Å². The van der Waals surface area contributed by atoms with E-state index < -0.39 is 0 Å². The summed E-state index contributed by atoms with van der Waals surface area (Å²) in [7, 11) is 0. The molecular formula is C6H11N3S. The minimum Gasteiger partial charge on any atom is -0.360 e. The van der Waals surface area contributed by atoms with E-state index in [-0.39, 0.29) is 0 Å². The number of nitrogens with zero attached hydrogens (tertiary/aromatic N) is 1. The molecule has 1 aromatic rings. The van der Waals surface area contributed by atoms with Crippen molar-refractivity contribution in [2.75, 3.05) is 18.4 Å². The summed E-state index contributed by atoms with van der Waals surface area (Å²) < 4.78 is 0. The third-order valence-corrected chi connectivity index (χ3v) is 1.96. The zero-order chi connectivity index (χ0) is 7.40. The first-order valence-corrected chi connectivity index (χ1v) is 4.07. The molecule has 0 spiro atoms. The molecule has 10 heavy (non-hydrogen) atoms. The molecule has 0 aromatic carbocycles. The normalized spacial score (nSPS) is 9.80. The van der Waals surface area contributed by atoms with Crippen LogP contribution >= 0.6 is 11.3 Å². The molecule has 4 heteroatoms. The smallest absolute Gasteiger partial charge is 0.182 e. The summed E-state index contributed by atoms with van der Waals surface area (Å²) in [6, 6.07) is 0. The molecule has 0 saturated carbocycles. The van der Waals surface area contributed by atoms with Crippen LogP contribution in [0.2, 0.25) is 0 Å². The molecule has 0 aliphatic heterocycles. The van der Waals surface area contributed by atoms with Crippen molar-refractivity contribution in [1.82, 2.24) is 4.98 Å². The first kappa shape index (κ1) is 7.50. The van der Waals surface area contributed by atoms with Gasteiger partial charge in [0.25, 0.3) is 0 Å². The van der Waals surface area contributed by atoms with Gasteiger partial charge in [-0.15, -0.1) is 11.3 Å². The SMILES string of the molecule is Cc1csc(NCCN)n1. The molecule has 3 N–H and O–H groups in total. The maximum absolute atomic E-state index is 5.30. The Bertz CT molecular complexity index is 197. The van der Waals surface area contributed by atoms with Gasteiger partial charge in [0.2, 0.25) is 0 Å². The Morgan fingerprint density at radius 2 is 2.60 bits per heavy atom. The van der Waals surface area contributed by atoms with Gasteiger partial charge in [-0.05, 0) is 6.92 Å². The molecule has 0 atom stereocenters. The van der Waals surface area contributed by atoms with E-state index in [0.717, 1.165) is 17.4 Å². The Kier molecular flexibility index (Phi) is 2.65. The summed E-state index contributed by atoms with van der Waals surface area (Å²) >= 11 is 1.61. The molecular weight excluding hydrogens is 146 g/mol. The van der Waals surface area contributed by atoms with Gasteiger partial charge >= 0.3 is 0 Å². The van der Waals surface area contributed by atoms with Gasteiger partial charge in [0.15, 0.2) is 5.13 Å². The van der Waals surface area contributed by atoms with Gasteiger partial charge in [-0.3, -0.25) is 0 Å². The fourth-order valence-electron chi connectivity index (χ4n) is 0.614. The van der Waals surface area contributed by atoms with Crippen LogP contribution in [0.3, 0.4) is 0 Å². The Labute approximate surface area is 64.3 Å². The molecule has 0 aliphatic carbocycles. The van der Waals surface area contributed by atoms with E-state index >= 15 is 0 Å². The number of aryl methyl sites for hydroxylation is 1. The second-order valence-electron chi connectivity index (χ2n) is 2.01. The molecule has 0 amide bonds. The standard InChI is InChI=1S/C6H11N3S/c1-5-4-10-6(9-5)8-3-2-7/h4H,2-3,7H2,1H3,(H,8,9). The third-order valence-electron chi connectivity index (χ3n) is 1.04. The highest BCUT2D eigenvalue weighted by Gasteiger charge is 1.93. The van der Waals surface area contributed by atoms with E-state index in [1.807, 2.05) is 12.3 Å². The van der Waals surface area contributed by atoms with Crippen molar-refractivity contribution in [2.24, 2.45) is 5.73 Å². The lowest BCUT2D eigenvalue weighted by Gasteiger charge is -1.96. The van der Waals surface area contributed by atoms with E-state index in [4.69, 9.17) is 5.73 Å². The quantitative estimate of drug-likeness (QED) is 0.683. The highest BCUT2D eigenvalue weighted by molar-refractivity contribution is 7.13. The summed E-state index contributed by atoms with van der Waals surface area (Å²) in [6.45, 7) is 3.43. The van der Waals surface area contributed by atoms with Gasteiger partial charge in [-0.25, -0.2) is 4.98 Å². The lowest BCUT2D eigenvalue weighted by Crippen LogP contribution is -2.12. The minimum absolute atomic E-state index is 0.651. The molecule has 0 saturated heterocycles. The summed E-state index contributed by atoms with van der Waals surface area (Å²) in [5, 5.41) is 6.07. The van der Waals surface area contributed by atoms with Gasteiger partial charge < -0.3 is 11.1 Å². The number of aromatic nitrogens is 1. The first-order chi connectivity index (χ1) is 4.83. The lowest BCUT2D eigenvalue weighted by molar-refractivity contribution is 1.02. The van der Waals surface area contributed by atoms with Crippen LogP contribution in [0.1, 0.15) is 5.69 Å². The summed E-state index contributed by atoms with van der Waals surface area (Å²) in [6.07, 6.45) is 0. The topological polar surface area (TPSA) is 50.9 Å². The molecule has 0 aliphatic rings. The predicted octanol–water partition coefficient (Wildman–Crippen LogP) is 0.822. The maximum atomic E-state index is 5.30. The zero-order valence-corrected chi connectivity index (χ0v) is 6.74. The number of nitrogens with two attached hydrogens (primary N) is 1. The molecule has 56 valence electrons. The highest BCUT2D eigenvalue weighted by atomic mass is 32.1. The minimum atomic E-state index is 0.651. The molecule has 1 rings (SSSR count). The summed E-state index contributed by atoms with van der Waals surface area (Å²) in [5.41, 5.74) is 6.36. The Balaban J connectivity index is 2.42. The number of rotatable bonds is 3. The number of nitrogens with one attached hydrogen (secondary N) is 1. The number of hydrogen-bond acceptors (Lipinski definition) is 4. The number of thiazole rings is 1. The molecule has 1 heterocycles. The number of anilines is 1. The van der Waals surface area contributed by atoms with Crippen molar-refractivity contribution in [1.29, 1.82) is 0 Å². The molecule has 0 unspecified atom stereocenters. The molecule has 1 aromatic heterocycles. The van der Waals surface area contributed by atoms with Crippen molar-refractivity contribution in [3.8, 4) is 0 Å². The van der Waals surface area contributed by atoms with E-state index in [2.05, 4.69) is 10.3 Å². The van der Waals surface area contributed by atoms with Crippen LogP contribution in [0.25, 0.3) is 0 Å². The van der Waals surface area contributed by atoms with E-state index in [0.29, 0.717) is 6.54 Å². The second kappa shape index (κ2) is 3.53. The van der Waals surface area contributed by atoms with Gasteiger partial charge in [0.1, 0.15) is 0 Å². The van der Waals surface area contributed by atoms with Crippen molar-refractivity contribution < 1.29 is 0 Å². The largest absolute Gasteiger partial charge is 0.360 e. The molecule has 3 nitrogen and oxygen atoms in total. The molecule has 0 bridgehead atoms. The summed E-state index contributed by atoms with van der Waals surface area (Å²) in [4.78, 5) is 4.20. The Hall–Kier alpha value is -0.610. The molecule has 0 fully saturated rings. The first-order valence-electron chi connectivity index (χ1n) is 3.19. The van der Waals surface area contributed by atoms with Crippen molar-refractivity contribution in [3.63, 3.8) is 0 Å². The van der Waals surface area contributed by atoms with E-state index in [1.165, 1.54) is 0 Å². The predicted molar refractivity (Wildman–Crippen MR) is 44.4 cm³/mol. The lowest BCUT2D eigenvalue weighted by atomic mass is 10.6. The van der Waals surface area contributed by atoms with E-state index in [9.17, 15) is 0 Å². The van der Waals surface area contributed by atoms with Crippen LogP contribution in [0, 0.1) is 6.92 Å². The number of hydrogen-bond donors (Lipinski definition) is 2. The van der Waals surface area contributed by atoms with Gasteiger partial charge in [-0.2, -0.15) is 0 Å². The third kappa shape index (κ3) is 1.97. The van der Waals surface area contributed by atoms with Crippen molar-refractivity contribution in [3.05, 3.63) is 11.1 Å². The fourth-order valence-corrected chi connectivity index (χ4v) is 1.33. The van der Waals surface area contributed by atoms with Gasteiger partial charge in [0.05, 0.1) is 5.69 Å². The second-order valence-corrected chi connectivity index (χ2v) is 2.87. The summed E-state index contributed by atoms with van der Waals surface area (Å²) in [5.74, 6) is 0. The van der Waals surface area contributed by atoms with Crippen LogP contribution in [-0.2, 0) is 0 Å². The van der Waals surface area contributed by atoms with Crippen LogP contribution < -0.4 is 11.1 Å². The van der Waals surface area contributed by atoms with Crippen LogP contribution in [0.5, 0.6) is 0 Å². The fraction of sp³-hybridized carbons (Fsp3) is 0.500. The van der Waals surface area contributed by atoms with Gasteiger partial charge in [0, 0.05) is 18.5 Å². The van der Waals surface area contributed by atoms with Gasteiger partial charge in [-0.1, -0.05) is 0 Å². The molecule has 0 radical (unpaired) electrons. The van der Waals surface area contributed by atoms with Crippen LogP contribution in [-0.4, -0.2) is 18.1 Å². The Morgan fingerprint density at radius 3 is 3.10 bits per heavy atom. The Morgan fingerprint density at radius 1 is 1.80 bits per heavy atom. The average Bonchev–Trinajstić information content (AvgIpc) is 2.31. The maximum Gasteiger partial charge on any atom is 0.182 e. The van der Waals surface area contributed by atoms with Crippen LogP contribution in [0.4, 0.5) is 5.13 Å². The monoisotopic (exact) mass is 157 g/mol. The van der Waals surface area contributed by atoms with E-state index in [1.54, 1.807) is 11.3 Å².